The number of hydrogen-bond donors (Lipinski definition) is 1. The van der Waals surface area contributed by atoms with Gasteiger partial charge in [0, 0.05) is 5.56 Å². The van der Waals surface area contributed by atoms with Gasteiger partial charge in [-0.3, -0.25) is 0 Å². The van der Waals surface area contributed by atoms with Gasteiger partial charge in [0.1, 0.15) is 11.5 Å². The molecule has 0 spiro atoms. The number of benzene rings is 2. The summed E-state index contributed by atoms with van der Waals surface area (Å²) in [5, 5.41) is 0.547. The molecule has 0 fully saturated rings. The minimum atomic E-state index is -0.292. The highest BCUT2D eigenvalue weighted by atomic mass is 35.5. The molecule has 0 saturated heterocycles. The Morgan fingerprint density at radius 1 is 1.00 bits per heavy atom. The monoisotopic (exact) mass is 277 g/mol. The Hall–Kier alpha value is -1.71. The summed E-state index contributed by atoms with van der Waals surface area (Å²) in [5.74, 6) is 1.40. The minimum Gasteiger partial charge on any atom is -0.496 e. The molecule has 0 amide bonds. The number of para-hydroxylation sites is 1. The summed E-state index contributed by atoms with van der Waals surface area (Å²) >= 11 is 6.12. The van der Waals surface area contributed by atoms with Gasteiger partial charge in [0.25, 0.3) is 0 Å². The fourth-order valence-electron chi connectivity index (χ4n) is 1.98. The van der Waals surface area contributed by atoms with E-state index in [9.17, 15) is 0 Å². The topological polar surface area (TPSA) is 44.5 Å². The van der Waals surface area contributed by atoms with Crippen molar-refractivity contribution >= 4 is 11.6 Å². The number of rotatable bonds is 4. The van der Waals surface area contributed by atoms with E-state index in [4.69, 9.17) is 26.8 Å². The van der Waals surface area contributed by atoms with Gasteiger partial charge in [-0.25, -0.2) is 0 Å². The molecule has 0 aliphatic carbocycles. The van der Waals surface area contributed by atoms with Crippen molar-refractivity contribution in [2.24, 2.45) is 5.73 Å². The molecule has 3 nitrogen and oxygen atoms in total. The van der Waals surface area contributed by atoms with E-state index < -0.39 is 0 Å². The highest BCUT2D eigenvalue weighted by molar-refractivity contribution is 6.32. The van der Waals surface area contributed by atoms with E-state index in [2.05, 4.69) is 0 Å². The lowest BCUT2D eigenvalue weighted by Crippen LogP contribution is -2.13. The Bertz CT molecular complexity index is 572. The quantitative estimate of drug-likeness (QED) is 0.931. The molecule has 19 heavy (non-hydrogen) atoms. The lowest BCUT2D eigenvalue weighted by molar-refractivity contribution is 0.407. The number of halogens is 1. The van der Waals surface area contributed by atoms with Crippen LogP contribution in [0.4, 0.5) is 0 Å². The zero-order valence-corrected chi connectivity index (χ0v) is 11.6. The first-order valence-corrected chi connectivity index (χ1v) is 6.27. The third kappa shape index (κ3) is 2.83. The van der Waals surface area contributed by atoms with Crippen molar-refractivity contribution in [1.82, 2.24) is 0 Å². The first-order valence-electron chi connectivity index (χ1n) is 5.89. The number of hydrogen-bond acceptors (Lipinski definition) is 3. The molecular weight excluding hydrogens is 262 g/mol. The molecule has 100 valence electrons. The zero-order valence-electron chi connectivity index (χ0n) is 10.9. The van der Waals surface area contributed by atoms with Crippen molar-refractivity contribution in [1.29, 1.82) is 0 Å². The second-order valence-electron chi connectivity index (χ2n) is 4.11. The summed E-state index contributed by atoms with van der Waals surface area (Å²) in [5.41, 5.74) is 8.11. The van der Waals surface area contributed by atoms with Gasteiger partial charge in [-0.05, 0) is 23.8 Å². The first kappa shape index (κ1) is 13.7. The van der Waals surface area contributed by atoms with E-state index in [0.717, 1.165) is 16.9 Å². The summed E-state index contributed by atoms with van der Waals surface area (Å²) in [7, 11) is 3.22. The van der Waals surface area contributed by atoms with Crippen molar-refractivity contribution in [3.8, 4) is 11.5 Å². The Morgan fingerprint density at radius 2 is 1.68 bits per heavy atom. The van der Waals surface area contributed by atoms with Gasteiger partial charge in [0.2, 0.25) is 0 Å². The van der Waals surface area contributed by atoms with Crippen LogP contribution in [0.5, 0.6) is 11.5 Å². The van der Waals surface area contributed by atoms with Crippen LogP contribution in [0.15, 0.2) is 42.5 Å². The highest BCUT2D eigenvalue weighted by Crippen LogP contribution is 2.32. The van der Waals surface area contributed by atoms with Crippen LogP contribution in [-0.4, -0.2) is 14.2 Å². The third-order valence-electron chi connectivity index (χ3n) is 3.01. The van der Waals surface area contributed by atoms with Gasteiger partial charge in [-0.1, -0.05) is 35.9 Å². The summed E-state index contributed by atoms with van der Waals surface area (Å²) in [6.45, 7) is 0. The molecule has 2 aromatic carbocycles. The molecule has 0 saturated carbocycles. The third-order valence-corrected chi connectivity index (χ3v) is 3.30. The Kier molecular flexibility index (Phi) is 4.30. The summed E-state index contributed by atoms with van der Waals surface area (Å²) in [4.78, 5) is 0. The average Bonchev–Trinajstić information content (AvgIpc) is 2.46. The smallest absolute Gasteiger partial charge is 0.137 e. The summed E-state index contributed by atoms with van der Waals surface area (Å²) in [6.07, 6.45) is 0. The predicted octanol–water partition coefficient (Wildman–Crippen LogP) is 3.41. The molecule has 0 bridgehead atoms. The maximum Gasteiger partial charge on any atom is 0.137 e. The molecule has 2 N–H and O–H groups in total. The molecule has 0 radical (unpaired) electrons. The molecule has 0 heterocycles. The van der Waals surface area contributed by atoms with Crippen LogP contribution in [0.2, 0.25) is 5.02 Å². The van der Waals surface area contributed by atoms with E-state index in [1.54, 1.807) is 14.2 Å². The van der Waals surface area contributed by atoms with Gasteiger partial charge < -0.3 is 15.2 Å². The molecule has 1 atom stereocenters. The lowest BCUT2D eigenvalue weighted by atomic mass is 9.98. The van der Waals surface area contributed by atoms with Crippen molar-refractivity contribution in [2.75, 3.05) is 14.2 Å². The number of nitrogens with two attached hydrogens (primary N) is 1. The molecule has 0 aliphatic rings. The molecule has 0 aromatic heterocycles. The van der Waals surface area contributed by atoms with Crippen molar-refractivity contribution in [3.05, 3.63) is 58.6 Å². The van der Waals surface area contributed by atoms with E-state index in [1.165, 1.54) is 0 Å². The fourth-order valence-corrected chi connectivity index (χ4v) is 2.25. The molecular formula is C15H16ClNO2. The molecule has 1 unspecified atom stereocenters. The number of methoxy groups -OCH3 is 2. The molecule has 0 aliphatic heterocycles. The summed E-state index contributed by atoms with van der Waals surface area (Å²) < 4.78 is 10.5. The first-order chi connectivity index (χ1) is 9.17. The van der Waals surface area contributed by atoms with Gasteiger partial charge in [-0.15, -0.1) is 0 Å². The van der Waals surface area contributed by atoms with Crippen LogP contribution in [0, 0.1) is 0 Å². The second-order valence-corrected chi connectivity index (χ2v) is 4.52. The number of ether oxygens (including phenoxy) is 2. The van der Waals surface area contributed by atoms with Gasteiger partial charge in [0.05, 0.1) is 25.3 Å². The lowest BCUT2D eigenvalue weighted by Gasteiger charge is -2.16. The highest BCUT2D eigenvalue weighted by Gasteiger charge is 2.14. The van der Waals surface area contributed by atoms with Crippen molar-refractivity contribution in [2.45, 2.75) is 6.04 Å². The van der Waals surface area contributed by atoms with Crippen LogP contribution in [-0.2, 0) is 0 Å². The van der Waals surface area contributed by atoms with Crippen LogP contribution < -0.4 is 15.2 Å². The van der Waals surface area contributed by atoms with Gasteiger partial charge in [-0.2, -0.15) is 0 Å². The van der Waals surface area contributed by atoms with E-state index >= 15 is 0 Å². The van der Waals surface area contributed by atoms with Crippen LogP contribution >= 0.6 is 11.6 Å². The van der Waals surface area contributed by atoms with E-state index in [0.29, 0.717) is 10.8 Å². The van der Waals surface area contributed by atoms with E-state index in [1.807, 2.05) is 42.5 Å². The standard InChI is InChI=1S/C15H16ClNO2/c1-18-13-6-4-3-5-11(13)15(17)10-7-8-14(19-2)12(16)9-10/h3-9,15H,17H2,1-2H3. The normalized spacial score (nSPS) is 12.0. The molecule has 2 aromatic rings. The van der Waals surface area contributed by atoms with Gasteiger partial charge in [0.15, 0.2) is 0 Å². The Labute approximate surface area is 117 Å². The zero-order chi connectivity index (χ0) is 13.8. The van der Waals surface area contributed by atoms with Crippen molar-refractivity contribution < 1.29 is 9.47 Å². The van der Waals surface area contributed by atoms with Crippen LogP contribution in [0.3, 0.4) is 0 Å². The average molecular weight is 278 g/mol. The van der Waals surface area contributed by atoms with Crippen LogP contribution in [0.1, 0.15) is 17.2 Å². The predicted molar refractivity (Wildman–Crippen MR) is 77.0 cm³/mol. The molecule has 4 heteroatoms. The maximum atomic E-state index is 6.27. The SMILES string of the molecule is COc1ccc(C(N)c2ccccc2OC)cc1Cl. The maximum absolute atomic E-state index is 6.27. The Morgan fingerprint density at radius 3 is 2.32 bits per heavy atom. The van der Waals surface area contributed by atoms with Crippen LogP contribution in [0.25, 0.3) is 0 Å². The van der Waals surface area contributed by atoms with Crippen molar-refractivity contribution in [3.63, 3.8) is 0 Å². The Balaban J connectivity index is 2.38. The summed E-state index contributed by atoms with van der Waals surface area (Å²) in [6, 6.07) is 12.9. The second kappa shape index (κ2) is 5.95. The van der Waals surface area contributed by atoms with E-state index in [-0.39, 0.29) is 6.04 Å². The fraction of sp³-hybridized carbons (Fsp3) is 0.200. The molecule has 2 rings (SSSR count). The van der Waals surface area contributed by atoms with Gasteiger partial charge >= 0.3 is 0 Å². The largest absolute Gasteiger partial charge is 0.496 e. The minimum absolute atomic E-state index is 0.292.